The molecule has 1 unspecified atom stereocenters. The third-order valence-corrected chi connectivity index (χ3v) is 5.66. The fourth-order valence-corrected chi connectivity index (χ4v) is 2.94. The van der Waals surface area contributed by atoms with Crippen LogP contribution >= 0.6 is 11.6 Å². The maximum Gasteiger partial charge on any atom is 0.178 e. The van der Waals surface area contributed by atoms with Gasteiger partial charge in [0.25, 0.3) is 0 Å². The molecule has 0 bridgehead atoms. The van der Waals surface area contributed by atoms with Crippen LogP contribution in [0.4, 0.5) is 0 Å². The van der Waals surface area contributed by atoms with E-state index in [2.05, 4.69) is 20.8 Å². The minimum Gasteiger partial charge on any atom is -0.224 e. The van der Waals surface area contributed by atoms with Crippen molar-refractivity contribution >= 4 is 21.4 Å². The summed E-state index contributed by atoms with van der Waals surface area (Å²) in [6.45, 7) is 7.83. The van der Waals surface area contributed by atoms with E-state index in [9.17, 15) is 8.42 Å². The molecule has 0 heterocycles. The maximum absolute atomic E-state index is 12.0. The molecule has 1 aromatic carbocycles. The van der Waals surface area contributed by atoms with Crippen molar-refractivity contribution < 1.29 is 8.42 Å². The van der Waals surface area contributed by atoms with Crippen LogP contribution in [0.3, 0.4) is 0 Å². The first kappa shape index (κ1) is 15.5. The van der Waals surface area contributed by atoms with Crippen LogP contribution in [0.5, 0.6) is 0 Å². The standard InChI is InChI=1S/C14H21ClO2S/c1-5-18(16,17)12-9-7-6-8-11(12)10-13(15)14(2,3)4/h6-9,13H,5,10H2,1-4H3. The number of halogens is 1. The van der Waals surface area contributed by atoms with E-state index in [0.29, 0.717) is 11.3 Å². The molecule has 0 radical (unpaired) electrons. The molecule has 0 spiro atoms. The normalized spacial score (nSPS) is 14.5. The quantitative estimate of drug-likeness (QED) is 0.792. The van der Waals surface area contributed by atoms with E-state index in [0.717, 1.165) is 5.56 Å². The average Bonchev–Trinajstić information content (AvgIpc) is 2.28. The molecule has 1 aromatic rings. The van der Waals surface area contributed by atoms with Crippen molar-refractivity contribution in [1.82, 2.24) is 0 Å². The lowest BCUT2D eigenvalue weighted by Crippen LogP contribution is -2.24. The van der Waals surface area contributed by atoms with Gasteiger partial charge in [-0.2, -0.15) is 0 Å². The molecule has 102 valence electrons. The number of hydrogen-bond acceptors (Lipinski definition) is 2. The number of alkyl halides is 1. The Morgan fingerprint density at radius 1 is 1.22 bits per heavy atom. The highest BCUT2D eigenvalue weighted by atomic mass is 35.5. The van der Waals surface area contributed by atoms with Crippen LogP contribution in [0.25, 0.3) is 0 Å². The minimum absolute atomic E-state index is 0.0509. The van der Waals surface area contributed by atoms with Gasteiger partial charge in [-0.3, -0.25) is 0 Å². The summed E-state index contributed by atoms with van der Waals surface area (Å²) >= 11 is 6.36. The fourth-order valence-electron chi connectivity index (χ4n) is 1.63. The molecule has 2 nitrogen and oxygen atoms in total. The van der Waals surface area contributed by atoms with Gasteiger partial charge in [-0.05, 0) is 23.5 Å². The molecule has 0 saturated carbocycles. The second-order valence-electron chi connectivity index (χ2n) is 5.55. The van der Waals surface area contributed by atoms with Gasteiger partial charge in [0, 0.05) is 5.38 Å². The van der Waals surface area contributed by atoms with Crippen molar-refractivity contribution in [3.05, 3.63) is 29.8 Å². The predicted octanol–water partition coefficient (Wildman–Crippen LogP) is 3.68. The summed E-state index contributed by atoms with van der Waals surface area (Å²) in [6.07, 6.45) is 0.570. The summed E-state index contributed by atoms with van der Waals surface area (Å²) in [7, 11) is -3.18. The van der Waals surface area contributed by atoms with Crippen molar-refractivity contribution in [2.24, 2.45) is 5.41 Å². The van der Waals surface area contributed by atoms with Gasteiger partial charge in [0.05, 0.1) is 10.6 Å². The summed E-state index contributed by atoms with van der Waals surface area (Å²) in [5.74, 6) is 0.118. The molecule has 0 saturated heterocycles. The third-order valence-electron chi connectivity index (χ3n) is 3.03. The maximum atomic E-state index is 12.0. The summed E-state index contributed by atoms with van der Waals surface area (Å²) < 4.78 is 24.0. The molecule has 0 aliphatic rings. The summed E-state index contributed by atoms with van der Waals surface area (Å²) in [5.41, 5.74) is 0.763. The highest BCUT2D eigenvalue weighted by Gasteiger charge is 2.25. The molecular weight excluding hydrogens is 268 g/mol. The van der Waals surface area contributed by atoms with Crippen molar-refractivity contribution in [1.29, 1.82) is 0 Å². The van der Waals surface area contributed by atoms with E-state index in [4.69, 9.17) is 11.6 Å². The van der Waals surface area contributed by atoms with Crippen molar-refractivity contribution in [3.63, 3.8) is 0 Å². The number of benzene rings is 1. The van der Waals surface area contributed by atoms with Gasteiger partial charge in [-0.1, -0.05) is 45.9 Å². The number of hydrogen-bond donors (Lipinski definition) is 0. The van der Waals surface area contributed by atoms with E-state index >= 15 is 0 Å². The zero-order valence-corrected chi connectivity index (χ0v) is 13.0. The van der Waals surface area contributed by atoms with Crippen LogP contribution in [0.15, 0.2) is 29.2 Å². The van der Waals surface area contributed by atoms with Crippen LogP contribution in [-0.2, 0) is 16.3 Å². The Morgan fingerprint density at radius 3 is 2.28 bits per heavy atom. The van der Waals surface area contributed by atoms with Gasteiger partial charge in [-0.25, -0.2) is 8.42 Å². The largest absolute Gasteiger partial charge is 0.224 e. The van der Waals surface area contributed by atoms with Crippen molar-refractivity contribution in [2.45, 2.75) is 44.4 Å². The van der Waals surface area contributed by atoms with E-state index < -0.39 is 9.84 Å². The lowest BCUT2D eigenvalue weighted by Gasteiger charge is -2.25. The molecule has 0 N–H and O–H groups in total. The van der Waals surface area contributed by atoms with Crippen LogP contribution in [0.1, 0.15) is 33.3 Å². The first-order chi connectivity index (χ1) is 8.18. The van der Waals surface area contributed by atoms with E-state index in [-0.39, 0.29) is 16.5 Å². The highest BCUT2D eigenvalue weighted by molar-refractivity contribution is 7.91. The second kappa shape index (κ2) is 5.62. The van der Waals surface area contributed by atoms with Gasteiger partial charge in [0.15, 0.2) is 9.84 Å². The van der Waals surface area contributed by atoms with Gasteiger partial charge in [0.1, 0.15) is 0 Å². The Labute approximate surface area is 115 Å². The summed E-state index contributed by atoms with van der Waals surface area (Å²) in [4.78, 5) is 0.419. The highest BCUT2D eigenvalue weighted by Crippen LogP contribution is 2.29. The van der Waals surface area contributed by atoms with Crippen molar-refractivity contribution in [2.75, 3.05) is 5.75 Å². The van der Waals surface area contributed by atoms with Gasteiger partial charge >= 0.3 is 0 Å². The molecule has 0 amide bonds. The molecular formula is C14H21ClO2S. The van der Waals surface area contributed by atoms with Crippen LogP contribution in [-0.4, -0.2) is 19.5 Å². The van der Waals surface area contributed by atoms with Gasteiger partial charge < -0.3 is 0 Å². The molecule has 1 atom stereocenters. The average molecular weight is 289 g/mol. The molecule has 18 heavy (non-hydrogen) atoms. The molecule has 0 aromatic heterocycles. The Morgan fingerprint density at radius 2 is 1.78 bits per heavy atom. The van der Waals surface area contributed by atoms with E-state index in [1.165, 1.54) is 0 Å². The number of rotatable bonds is 4. The summed E-state index contributed by atoms with van der Waals surface area (Å²) in [6, 6.07) is 7.13. The first-order valence-corrected chi connectivity index (χ1v) is 8.22. The molecule has 0 aliphatic carbocycles. The molecule has 0 fully saturated rings. The lowest BCUT2D eigenvalue weighted by molar-refractivity contribution is 0.385. The lowest BCUT2D eigenvalue weighted by atomic mass is 9.88. The fraction of sp³-hybridized carbons (Fsp3) is 0.571. The van der Waals surface area contributed by atoms with Crippen LogP contribution < -0.4 is 0 Å². The number of sulfone groups is 1. The zero-order valence-electron chi connectivity index (χ0n) is 11.4. The zero-order chi connectivity index (χ0) is 14.0. The van der Waals surface area contributed by atoms with Gasteiger partial charge in [0.2, 0.25) is 0 Å². The molecule has 1 rings (SSSR count). The second-order valence-corrected chi connectivity index (χ2v) is 8.32. The summed E-state index contributed by atoms with van der Waals surface area (Å²) in [5, 5.41) is -0.0919. The SMILES string of the molecule is CCS(=O)(=O)c1ccccc1CC(Cl)C(C)(C)C. The van der Waals surface area contributed by atoms with Crippen LogP contribution in [0, 0.1) is 5.41 Å². The Bertz CT molecular complexity index is 501. The smallest absolute Gasteiger partial charge is 0.178 e. The minimum atomic E-state index is -3.18. The van der Waals surface area contributed by atoms with Crippen LogP contribution in [0.2, 0.25) is 0 Å². The molecule has 0 aliphatic heterocycles. The topological polar surface area (TPSA) is 34.1 Å². The van der Waals surface area contributed by atoms with E-state index in [1.807, 2.05) is 12.1 Å². The first-order valence-electron chi connectivity index (χ1n) is 6.13. The predicted molar refractivity (Wildman–Crippen MR) is 77.0 cm³/mol. The molecule has 4 heteroatoms. The van der Waals surface area contributed by atoms with Crippen molar-refractivity contribution in [3.8, 4) is 0 Å². The Kier molecular flexibility index (Phi) is 4.84. The van der Waals surface area contributed by atoms with E-state index in [1.54, 1.807) is 19.1 Å². The third kappa shape index (κ3) is 3.72. The Hall–Kier alpha value is -0.540. The van der Waals surface area contributed by atoms with Gasteiger partial charge in [-0.15, -0.1) is 11.6 Å². The Balaban J connectivity index is 3.12. The monoisotopic (exact) mass is 288 g/mol.